The van der Waals surface area contributed by atoms with E-state index in [4.69, 9.17) is 15.7 Å². The lowest BCUT2D eigenvalue weighted by molar-refractivity contribution is -0.126. The van der Waals surface area contributed by atoms with E-state index < -0.39 is 11.4 Å². The van der Waals surface area contributed by atoms with Crippen LogP contribution in [0.25, 0.3) is 0 Å². The predicted molar refractivity (Wildman–Crippen MR) is 76.5 cm³/mol. The maximum absolute atomic E-state index is 13.8. The second-order valence-electron chi connectivity index (χ2n) is 5.21. The average Bonchev–Trinajstić information content (AvgIpc) is 2.44. The first kappa shape index (κ1) is 16.9. The lowest BCUT2D eigenvalue weighted by Gasteiger charge is -2.22. The first-order valence-electron chi connectivity index (χ1n) is 6.37. The van der Waals surface area contributed by atoms with Gasteiger partial charge >= 0.3 is 0 Å². The number of carbonyl (C=O) groups excluding carboxylic acids is 1. The van der Waals surface area contributed by atoms with Crippen LogP contribution >= 0.6 is 0 Å². The molecule has 0 fully saturated rings. The highest BCUT2D eigenvalue weighted by atomic mass is 19.1. The number of amidine groups is 1. The third kappa shape index (κ3) is 5.03. The Morgan fingerprint density at radius 3 is 2.71 bits per heavy atom. The molecule has 0 saturated carbocycles. The zero-order valence-electron chi connectivity index (χ0n) is 12.3. The van der Waals surface area contributed by atoms with Crippen LogP contribution in [0.15, 0.2) is 23.4 Å². The molecule has 0 atom stereocenters. The summed E-state index contributed by atoms with van der Waals surface area (Å²) in [7, 11) is 1.53. The van der Waals surface area contributed by atoms with Crippen molar-refractivity contribution in [3.63, 3.8) is 0 Å². The minimum Gasteiger partial charge on any atom is -0.409 e. The normalized spacial score (nSPS) is 12.3. The van der Waals surface area contributed by atoms with Gasteiger partial charge in [0.2, 0.25) is 5.91 Å². The first-order chi connectivity index (χ1) is 9.79. The number of amides is 1. The van der Waals surface area contributed by atoms with Crippen molar-refractivity contribution < 1.29 is 19.1 Å². The molecule has 4 N–H and O–H groups in total. The van der Waals surface area contributed by atoms with Crippen molar-refractivity contribution in [2.24, 2.45) is 10.9 Å². The number of oxime groups is 1. The van der Waals surface area contributed by atoms with Gasteiger partial charge in [-0.25, -0.2) is 4.39 Å². The van der Waals surface area contributed by atoms with Gasteiger partial charge in [-0.2, -0.15) is 0 Å². The minimum atomic E-state index is -0.571. The minimum absolute atomic E-state index is 0.0565. The van der Waals surface area contributed by atoms with Crippen molar-refractivity contribution in [3.8, 4) is 0 Å². The molecule has 0 aliphatic rings. The van der Waals surface area contributed by atoms with E-state index in [0.29, 0.717) is 5.56 Å². The molecule has 0 aliphatic carbocycles. The topological polar surface area (TPSA) is 96.9 Å². The van der Waals surface area contributed by atoms with E-state index >= 15 is 0 Å². The molecule has 0 bridgehead atoms. The van der Waals surface area contributed by atoms with Gasteiger partial charge in [0.25, 0.3) is 0 Å². The van der Waals surface area contributed by atoms with Gasteiger partial charge in [0, 0.05) is 24.8 Å². The van der Waals surface area contributed by atoms with Gasteiger partial charge in [-0.3, -0.25) is 4.79 Å². The summed E-state index contributed by atoms with van der Waals surface area (Å²) in [6.45, 7) is 3.64. The molecule has 0 radical (unpaired) electrons. The number of ether oxygens (including phenoxy) is 1. The molecule has 0 unspecified atom stereocenters. The Morgan fingerprint density at radius 1 is 1.52 bits per heavy atom. The van der Waals surface area contributed by atoms with E-state index in [1.807, 2.05) is 0 Å². The van der Waals surface area contributed by atoms with E-state index in [-0.39, 0.29) is 30.3 Å². The van der Waals surface area contributed by atoms with Crippen molar-refractivity contribution in [2.45, 2.75) is 32.4 Å². The molecular formula is C14H20FN3O3. The summed E-state index contributed by atoms with van der Waals surface area (Å²) < 4.78 is 19.0. The summed E-state index contributed by atoms with van der Waals surface area (Å²) in [6, 6.07) is 4.14. The van der Waals surface area contributed by atoms with Crippen molar-refractivity contribution in [2.75, 3.05) is 7.11 Å². The van der Waals surface area contributed by atoms with Crippen molar-refractivity contribution in [1.29, 1.82) is 0 Å². The zero-order valence-corrected chi connectivity index (χ0v) is 12.3. The summed E-state index contributed by atoms with van der Waals surface area (Å²) in [4.78, 5) is 11.7. The number of halogens is 1. The standard InChI is InChI=1S/C14H20FN3O3/c1-14(2,21-3)7-12(19)17-8-10-5-4-9(6-11(10)15)13(16)18-20/h4-6,20H,7-8H2,1-3H3,(H2,16,18)(H,17,19). The number of nitrogens with zero attached hydrogens (tertiary/aromatic N) is 1. The average molecular weight is 297 g/mol. The molecule has 21 heavy (non-hydrogen) atoms. The summed E-state index contributed by atoms with van der Waals surface area (Å²) in [5.74, 6) is -0.946. The maximum Gasteiger partial charge on any atom is 0.223 e. The number of hydrogen-bond acceptors (Lipinski definition) is 4. The lowest BCUT2D eigenvalue weighted by Crippen LogP contribution is -2.33. The quantitative estimate of drug-likeness (QED) is 0.319. The highest BCUT2D eigenvalue weighted by Gasteiger charge is 2.21. The van der Waals surface area contributed by atoms with Crippen LogP contribution in [0.5, 0.6) is 0 Å². The van der Waals surface area contributed by atoms with E-state index in [0.717, 1.165) is 6.07 Å². The van der Waals surface area contributed by atoms with E-state index in [2.05, 4.69) is 10.5 Å². The number of methoxy groups -OCH3 is 1. The monoisotopic (exact) mass is 297 g/mol. The maximum atomic E-state index is 13.8. The fraction of sp³-hybridized carbons (Fsp3) is 0.429. The van der Waals surface area contributed by atoms with E-state index in [1.54, 1.807) is 13.8 Å². The zero-order chi connectivity index (χ0) is 16.0. The molecule has 1 aromatic carbocycles. The Bertz CT molecular complexity index is 544. The third-order valence-electron chi connectivity index (χ3n) is 3.07. The Balaban J connectivity index is 2.66. The second kappa shape index (κ2) is 7.03. The Kier molecular flexibility index (Phi) is 5.66. The molecule has 0 heterocycles. The Morgan fingerprint density at radius 2 is 2.19 bits per heavy atom. The summed E-state index contributed by atoms with van der Waals surface area (Å²) in [5, 5.41) is 13.9. The molecule has 1 aromatic rings. The molecule has 7 heteroatoms. The summed E-state index contributed by atoms with van der Waals surface area (Å²) in [6.07, 6.45) is 0.174. The number of rotatable bonds is 6. The predicted octanol–water partition coefficient (Wildman–Crippen LogP) is 1.35. The number of benzene rings is 1. The van der Waals surface area contributed by atoms with Crippen LogP contribution in [0.3, 0.4) is 0 Å². The highest BCUT2D eigenvalue weighted by molar-refractivity contribution is 5.97. The molecule has 6 nitrogen and oxygen atoms in total. The fourth-order valence-electron chi connectivity index (χ4n) is 1.62. The molecule has 0 saturated heterocycles. The van der Waals surface area contributed by atoms with Gasteiger partial charge in [0.15, 0.2) is 5.84 Å². The van der Waals surface area contributed by atoms with Crippen LogP contribution in [0.1, 0.15) is 31.4 Å². The van der Waals surface area contributed by atoms with Crippen LogP contribution in [-0.4, -0.2) is 29.7 Å². The van der Waals surface area contributed by atoms with Crippen molar-refractivity contribution >= 4 is 11.7 Å². The summed E-state index contributed by atoms with van der Waals surface area (Å²) in [5.41, 5.74) is 5.38. The van der Waals surface area contributed by atoms with Crippen molar-refractivity contribution in [3.05, 3.63) is 35.1 Å². The van der Waals surface area contributed by atoms with Gasteiger partial charge in [-0.05, 0) is 19.9 Å². The Labute approximate surface area is 122 Å². The van der Waals surface area contributed by atoms with Gasteiger partial charge in [0.05, 0.1) is 12.0 Å². The molecule has 116 valence electrons. The second-order valence-corrected chi connectivity index (χ2v) is 5.21. The van der Waals surface area contributed by atoms with E-state index in [9.17, 15) is 9.18 Å². The number of carbonyl (C=O) groups is 1. The number of nitrogens with two attached hydrogens (primary N) is 1. The fourth-order valence-corrected chi connectivity index (χ4v) is 1.62. The van der Waals surface area contributed by atoms with Gasteiger partial charge < -0.3 is 21.0 Å². The molecular weight excluding hydrogens is 277 g/mol. The highest BCUT2D eigenvalue weighted by Crippen LogP contribution is 2.13. The van der Waals surface area contributed by atoms with Crippen LogP contribution in [0.2, 0.25) is 0 Å². The van der Waals surface area contributed by atoms with Gasteiger partial charge in [-0.15, -0.1) is 0 Å². The molecule has 1 amide bonds. The Hall–Kier alpha value is -2.15. The largest absolute Gasteiger partial charge is 0.409 e. The van der Waals surface area contributed by atoms with Crippen LogP contribution < -0.4 is 11.1 Å². The first-order valence-corrected chi connectivity index (χ1v) is 6.37. The van der Waals surface area contributed by atoms with Gasteiger partial charge in [0.1, 0.15) is 5.82 Å². The molecule has 0 spiro atoms. The lowest BCUT2D eigenvalue weighted by atomic mass is 10.0. The third-order valence-corrected chi connectivity index (χ3v) is 3.07. The molecule has 0 aromatic heterocycles. The molecule has 0 aliphatic heterocycles. The van der Waals surface area contributed by atoms with E-state index in [1.165, 1.54) is 19.2 Å². The van der Waals surface area contributed by atoms with Crippen LogP contribution in [0, 0.1) is 5.82 Å². The van der Waals surface area contributed by atoms with Crippen LogP contribution in [0.4, 0.5) is 4.39 Å². The number of nitrogens with one attached hydrogen (secondary N) is 1. The SMILES string of the molecule is COC(C)(C)CC(=O)NCc1ccc(/C(N)=N/O)cc1F. The van der Waals surface area contributed by atoms with Crippen LogP contribution in [-0.2, 0) is 16.1 Å². The smallest absolute Gasteiger partial charge is 0.223 e. The van der Waals surface area contributed by atoms with Crippen molar-refractivity contribution in [1.82, 2.24) is 5.32 Å². The van der Waals surface area contributed by atoms with Gasteiger partial charge in [-0.1, -0.05) is 17.3 Å². The number of hydrogen-bond donors (Lipinski definition) is 3. The molecule has 1 rings (SSSR count). The summed E-state index contributed by atoms with van der Waals surface area (Å²) >= 11 is 0.